The molecule has 0 saturated carbocycles. The van der Waals surface area contributed by atoms with Crippen LogP contribution in [0, 0.1) is 5.92 Å². The van der Waals surface area contributed by atoms with Gasteiger partial charge in [0, 0.05) is 23.0 Å². The molecule has 1 atom stereocenters. The fraction of sp³-hybridized carbons (Fsp3) is 0.625. The first kappa shape index (κ1) is 14.7. The van der Waals surface area contributed by atoms with Crippen molar-refractivity contribution >= 4 is 11.6 Å². The molecule has 0 amide bonds. The van der Waals surface area contributed by atoms with Crippen molar-refractivity contribution in [3.63, 3.8) is 0 Å². The average molecular weight is 282 g/mol. The van der Waals surface area contributed by atoms with E-state index in [0.717, 1.165) is 36.8 Å². The van der Waals surface area contributed by atoms with Crippen molar-refractivity contribution in [3.8, 4) is 5.75 Å². The van der Waals surface area contributed by atoms with Gasteiger partial charge in [0.05, 0.1) is 6.61 Å². The molecule has 1 unspecified atom stereocenters. The predicted octanol–water partition coefficient (Wildman–Crippen LogP) is 4.36. The summed E-state index contributed by atoms with van der Waals surface area (Å²) in [7, 11) is 0. The summed E-state index contributed by atoms with van der Waals surface area (Å²) in [6.45, 7) is 8.42. The number of hydrogen-bond donors (Lipinski definition) is 1. The van der Waals surface area contributed by atoms with Crippen LogP contribution in [0.15, 0.2) is 12.1 Å². The minimum atomic E-state index is 0.345. The third kappa shape index (κ3) is 3.64. The molecule has 0 spiro atoms. The molecule has 1 aromatic carbocycles. The van der Waals surface area contributed by atoms with Gasteiger partial charge in [-0.25, -0.2) is 0 Å². The van der Waals surface area contributed by atoms with E-state index in [2.05, 4.69) is 32.2 Å². The highest BCUT2D eigenvalue weighted by molar-refractivity contribution is 6.30. The van der Waals surface area contributed by atoms with Gasteiger partial charge in [0.15, 0.2) is 0 Å². The predicted molar refractivity (Wildman–Crippen MR) is 81.1 cm³/mol. The van der Waals surface area contributed by atoms with E-state index >= 15 is 0 Å². The molecule has 0 fully saturated rings. The van der Waals surface area contributed by atoms with Crippen molar-refractivity contribution < 1.29 is 4.74 Å². The van der Waals surface area contributed by atoms with Crippen molar-refractivity contribution in [2.45, 2.75) is 46.1 Å². The van der Waals surface area contributed by atoms with Gasteiger partial charge in [-0.05, 0) is 43.0 Å². The lowest BCUT2D eigenvalue weighted by Crippen LogP contribution is -2.22. The Kier molecular flexibility index (Phi) is 5.12. The summed E-state index contributed by atoms with van der Waals surface area (Å²) in [6.07, 6.45) is 3.31. The summed E-state index contributed by atoms with van der Waals surface area (Å²) >= 11 is 6.25. The van der Waals surface area contributed by atoms with E-state index in [4.69, 9.17) is 16.3 Å². The first-order valence-corrected chi connectivity index (χ1v) is 7.68. The average Bonchev–Trinajstić information content (AvgIpc) is 2.81. The molecule has 2 rings (SSSR count). The maximum Gasteiger partial charge on any atom is 0.127 e. The first-order valence-electron chi connectivity index (χ1n) is 7.30. The molecule has 106 valence electrons. The van der Waals surface area contributed by atoms with Crippen LogP contribution in [0.2, 0.25) is 5.02 Å². The molecule has 3 heteroatoms. The van der Waals surface area contributed by atoms with Gasteiger partial charge in [-0.2, -0.15) is 0 Å². The van der Waals surface area contributed by atoms with Crippen LogP contribution >= 0.6 is 11.6 Å². The van der Waals surface area contributed by atoms with Gasteiger partial charge in [0.25, 0.3) is 0 Å². The maximum absolute atomic E-state index is 6.25. The van der Waals surface area contributed by atoms with E-state index < -0.39 is 0 Å². The van der Waals surface area contributed by atoms with Crippen molar-refractivity contribution in [2.75, 3.05) is 13.2 Å². The van der Waals surface area contributed by atoms with E-state index in [1.807, 2.05) is 6.07 Å². The fourth-order valence-electron chi connectivity index (χ4n) is 2.67. The Balaban J connectivity index is 2.25. The number of halogens is 1. The number of rotatable bonds is 6. The molecule has 1 aliphatic heterocycles. The normalized spacial score (nSPS) is 15.4. The van der Waals surface area contributed by atoms with Crippen molar-refractivity contribution in [1.29, 1.82) is 0 Å². The molecule has 2 nitrogen and oxygen atoms in total. The van der Waals surface area contributed by atoms with Gasteiger partial charge < -0.3 is 10.1 Å². The molecule has 19 heavy (non-hydrogen) atoms. The molecule has 1 N–H and O–H groups in total. The third-order valence-corrected chi connectivity index (χ3v) is 3.85. The van der Waals surface area contributed by atoms with Crippen LogP contribution in [0.4, 0.5) is 0 Å². The van der Waals surface area contributed by atoms with E-state index in [9.17, 15) is 0 Å². The van der Waals surface area contributed by atoms with E-state index in [1.54, 1.807) is 0 Å². The summed E-state index contributed by atoms with van der Waals surface area (Å²) in [5.74, 6) is 1.79. The lowest BCUT2D eigenvalue weighted by Gasteiger charge is -2.22. The number of ether oxygens (including phenoxy) is 1. The van der Waals surface area contributed by atoms with Crippen molar-refractivity contribution in [3.05, 3.63) is 28.3 Å². The molecule has 0 aliphatic carbocycles. The summed E-state index contributed by atoms with van der Waals surface area (Å²) in [6, 6.07) is 4.45. The van der Waals surface area contributed by atoms with Crippen LogP contribution in [0.3, 0.4) is 0 Å². The van der Waals surface area contributed by atoms with Gasteiger partial charge >= 0.3 is 0 Å². The standard InChI is InChI=1S/C16H24ClNO/c1-4-18-15(6-5-11(2)3)14-10-13(17)9-12-7-8-19-16(12)14/h9-11,15,18H,4-8H2,1-3H3. The van der Waals surface area contributed by atoms with Crippen LogP contribution < -0.4 is 10.1 Å². The Labute approximate surface area is 121 Å². The number of nitrogens with one attached hydrogen (secondary N) is 1. The smallest absolute Gasteiger partial charge is 0.127 e. The SMILES string of the molecule is CCNC(CCC(C)C)c1cc(Cl)cc2c1OCC2. The highest BCUT2D eigenvalue weighted by Gasteiger charge is 2.23. The second-order valence-electron chi connectivity index (χ2n) is 5.66. The Morgan fingerprint density at radius 2 is 2.11 bits per heavy atom. The summed E-state index contributed by atoms with van der Waals surface area (Å²) in [4.78, 5) is 0. The zero-order valence-electron chi connectivity index (χ0n) is 12.1. The Morgan fingerprint density at radius 1 is 1.32 bits per heavy atom. The van der Waals surface area contributed by atoms with Gasteiger partial charge in [-0.1, -0.05) is 32.4 Å². The van der Waals surface area contributed by atoms with Crippen molar-refractivity contribution in [1.82, 2.24) is 5.32 Å². The Bertz CT molecular complexity index is 431. The topological polar surface area (TPSA) is 21.3 Å². The van der Waals surface area contributed by atoms with E-state index in [1.165, 1.54) is 17.5 Å². The van der Waals surface area contributed by atoms with Crippen LogP contribution in [-0.2, 0) is 6.42 Å². The summed E-state index contributed by atoms with van der Waals surface area (Å²) in [5, 5.41) is 4.40. The monoisotopic (exact) mass is 281 g/mol. The lowest BCUT2D eigenvalue weighted by molar-refractivity contribution is 0.344. The maximum atomic E-state index is 6.25. The molecule has 0 aromatic heterocycles. The van der Waals surface area contributed by atoms with Crippen LogP contribution in [0.1, 0.15) is 50.8 Å². The quantitative estimate of drug-likeness (QED) is 0.836. The largest absolute Gasteiger partial charge is 0.493 e. The molecule has 1 aromatic rings. The van der Waals surface area contributed by atoms with Crippen LogP contribution in [-0.4, -0.2) is 13.2 Å². The molecule has 0 radical (unpaired) electrons. The molecule has 1 heterocycles. The van der Waals surface area contributed by atoms with Crippen LogP contribution in [0.25, 0.3) is 0 Å². The minimum absolute atomic E-state index is 0.345. The second-order valence-corrected chi connectivity index (χ2v) is 6.10. The molecule has 0 bridgehead atoms. The highest BCUT2D eigenvalue weighted by Crippen LogP contribution is 2.38. The fourth-order valence-corrected chi connectivity index (χ4v) is 2.92. The summed E-state index contributed by atoms with van der Waals surface area (Å²) < 4.78 is 5.82. The number of hydrogen-bond acceptors (Lipinski definition) is 2. The minimum Gasteiger partial charge on any atom is -0.493 e. The lowest BCUT2D eigenvalue weighted by atomic mass is 9.95. The Morgan fingerprint density at radius 3 is 2.79 bits per heavy atom. The first-order chi connectivity index (χ1) is 9.11. The molecular weight excluding hydrogens is 258 g/mol. The Hall–Kier alpha value is -0.730. The molecular formula is C16H24ClNO. The second kappa shape index (κ2) is 6.62. The van der Waals surface area contributed by atoms with Gasteiger partial charge in [-0.3, -0.25) is 0 Å². The zero-order valence-corrected chi connectivity index (χ0v) is 12.9. The number of fused-ring (bicyclic) bond motifs is 1. The zero-order chi connectivity index (χ0) is 13.8. The van der Waals surface area contributed by atoms with Crippen LogP contribution in [0.5, 0.6) is 5.75 Å². The summed E-state index contributed by atoms with van der Waals surface area (Å²) in [5.41, 5.74) is 2.50. The highest BCUT2D eigenvalue weighted by atomic mass is 35.5. The van der Waals surface area contributed by atoms with Gasteiger partial charge in [0.2, 0.25) is 0 Å². The third-order valence-electron chi connectivity index (χ3n) is 3.64. The molecule has 1 aliphatic rings. The molecule has 0 saturated heterocycles. The van der Waals surface area contributed by atoms with E-state index in [0.29, 0.717) is 12.0 Å². The van der Waals surface area contributed by atoms with Crippen molar-refractivity contribution in [2.24, 2.45) is 5.92 Å². The van der Waals surface area contributed by atoms with Gasteiger partial charge in [0.1, 0.15) is 5.75 Å². The van der Waals surface area contributed by atoms with E-state index in [-0.39, 0.29) is 0 Å². The van der Waals surface area contributed by atoms with Gasteiger partial charge in [-0.15, -0.1) is 0 Å². The number of benzene rings is 1.